The van der Waals surface area contributed by atoms with Crippen LogP contribution in [0.5, 0.6) is 5.75 Å². The summed E-state index contributed by atoms with van der Waals surface area (Å²) < 4.78 is 7.54. The summed E-state index contributed by atoms with van der Waals surface area (Å²) in [7, 11) is 0. The second-order valence-corrected chi connectivity index (χ2v) is 6.39. The van der Waals surface area contributed by atoms with Crippen LogP contribution in [0.3, 0.4) is 0 Å². The third kappa shape index (κ3) is 4.12. The molecule has 4 aromatic rings. The van der Waals surface area contributed by atoms with Crippen molar-refractivity contribution >= 4 is 28.6 Å². The lowest BCUT2D eigenvalue weighted by atomic mass is 10.2. The quantitative estimate of drug-likeness (QED) is 0.526. The zero-order valence-electron chi connectivity index (χ0n) is 15.4. The molecule has 0 radical (unpaired) electrons. The highest BCUT2D eigenvalue weighted by Crippen LogP contribution is 2.20. The van der Waals surface area contributed by atoms with Crippen molar-refractivity contribution in [2.45, 2.75) is 6.92 Å². The number of aromatic nitrogens is 2. The molecule has 1 amide bonds. The van der Waals surface area contributed by atoms with E-state index < -0.39 is 0 Å². The molecule has 2 aromatic heterocycles. The van der Waals surface area contributed by atoms with Crippen molar-refractivity contribution in [3.63, 3.8) is 0 Å². The Hall–Kier alpha value is -3.80. The van der Waals surface area contributed by atoms with Crippen molar-refractivity contribution in [3.05, 3.63) is 84.8 Å². The highest BCUT2D eigenvalue weighted by molar-refractivity contribution is 5.92. The Bertz CT molecular complexity index is 1090. The third-order valence-electron chi connectivity index (χ3n) is 4.16. The van der Waals surface area contributed by atoms with Crippen LogP contribution in [0.25, 0.3) is 5.65 Å². The number of hydrogen-bond acceptors (Lipinski definition) is 4. The van der Waals surface area contributed by atoms with Gasteiger partial charge in [0.1, 0.15) is 0 Å². The van der Waals surface area contributed by atoms with Crippen molar-refractivity contribution in [2.75, 3.05) is 17.2 Å². The van der Waals surface area contributed by atoms with Crippen LogP contribution in [-0.2, 0) is 4.79 Å². The number of anilines is 3. The zero-order chi connectivity index (χ0) is 19.3. The topological polar surface area (TPSA) is 67.7 Å². The molecule has 6 heteroatoms. The number of aryl methyl sites for hydroxylation is 1. The first-order valence-electron chi connectivity index (χ1n) is 8.96. The molecular weight excluding hydrogens is 352 g/mol. The normalized spacial score (nSPS) is 10.6. The highest BCUT2D eigenvalue weighted by Gasteiger charge is 2.08. The number of pyridine rings is 1. The second-order valence-electron chi connectivity index (χ2n) is 6.39. The summed E-state index contributed by atoms with van der Waals surface area (Å²) in [6, 6.07) is 21.1. The predicted molar refractivity (Wildman–Crippen MR) is 110 cm³/mol. The van der Waals surface area contributed by atoms with Gasteiger partial charge in [-0.1, -0.05) is 18.2 Å². The van der Waals surface area contributed by atoms with E-state index in [0.717, 1.165) is 17.1 Å². The summed E-state index contributed by atoms with van der Waals surface area (Å²) >= 11 is 0. The Balaban J connectivity index is 1.34. The highest BCUT2D eigenvalue weighted by atomic mass is 16.5. The number of rotatable bonds is 6. The van der Waals surface area contributed by atoms with Gasteiger partial charge in [0.05, 0.1) is 5.69 Å². The lowest BCUT2D eigenvalue weighted by Gasteiger charge is -2.10. The Kier molecular flexibility index (Phi) is 4.93. The number of nitrogens with one attached hydrogen (secondary N) is 2. The maximum absolute atomic E-state index is 12.2. The predicted octanol–water partition coefficient (Wildman–Crippen LogP) is 4.40. The molecule has 2 N–H and O–H groups in total. The minimum atomic E-state index is -0.228. The van der Waals surface area contributed by atoms with Crippen molar-refractivity contribution < 1.29 is 9.53 Å². The molecule has 2 aromatic carbocycles. The first-order valence-corrected chi connectivity index (χ1v) is 8.96. The number of fused-ring (bicyclic) bond motifs is 1. The molecule has 0 aliphatic rings. The molecular formula is C22H20N4O2. The number of imidazole rings is 1. The number of ether oxygens (including phenoxy) is 1. The lowest BCUT2D eigenvalue weighted by molar-refractivity contribution is -0.118. The van der Waals surface area contributed by atoms with E-state index >= 15 is 0 Å². The van der Waals surface area contributed by atoms with Gasteiger partial charge in [-0.3, -0.25) is 4.79 Å². The number of para-hydroxylation sites is 1. The molecule has 0 aliphatic heterocycles. The molecule has 0 bridgehead atoms. The molecule has 0 fully saturated rings. The number of nitrogens with zero attached hydrogens (tertiary/aromatic N) is 2. The maximum Gasteiger partial charge on any atom is 0.262 e. The average molecular weight is 372 g/mol. The molecule has 4 rings (SSSR count). The molecule has 2 heterocycles. The Morgan fingerprint density at radius 1 is 0.964 bits per heavy atom. The third-order valence-corrected chi connectivity index (χ3v) is 4.16. The van der Waals surface area contributed by atoms with Crippen molar-refractivity contribution in [1.29, 1.82) is 0 Å². The van der Waals surface area contributed by atoms with Crippen molar-refractivity contribution in [1.82, 2.24) is 9.38 Å². The molecule has 28 heavy (non-hydrogen) atoms. The van der Waals surface area contributed by atoms with E-state index in [0.29, 0.717) is 17.1 Å². The van der Waals surface area contributed by atoms with Gasteiger partial charge in [0.25, 0.3) is 5.91 Å². The molecule has 0 unspecified atom stereocenters. The van der Waals surface area contributed by atoms with Crippen LogP contribution in [-0.4, -0.2) is 21.9 Å². The minimum Gasteiger partial charge on any atom is -0.480 e. The summed E-state index contributed by atoms with van der Waals surface area (Å²) in [5.74, 6) is 0.349. The van der Waals surface area contributed by atoms with E-state index in [9.17, 15) is 4.79 Å². The van der Waals surface area contributed by atoms with Crippen LogP contribution >= 0.6 is 0 Å². The fourth-order valence-corrected chi connectivity index (χ4v) is 2.89. The van der Waals surface area contributed by atoms with Gasteiger partial charge in [0, 0.05) is 29.5 Å². The molecule has 6 nitrogen and oxygen atoms in total. The van der Waals surface area contributed by atoms with E-state index in [1.807, 2.05) is 84.4 Å². The fraction of sp³-hybridized carbons (Fsp3) is 0.0909. The number of carbonyl (C=O) groups excluding carboxylic acids is 1. The Labute approximate surface area is 162 Å². The maximum atomic E-state index is 12.2. The summed E-state index contributed by atoms with van der Waals surface area (Å²) in [5.41, 5.74) is 4.26. The smallest absolute Gasteiger partial charge is 0.262 e. The van der Waals surface area contributed by atoms with Crippen molar-refractivity contribution in [3.8, 4) is 5.75 Å². The van der Waals surface area contributed by atoms with E-state index in [1.54, 1.807) is 6.07 Å². The second kappa shape index (κ2) is 7.84. The van der Waals surface area contributed by atoms with Crippen LogP contribution in [0.1, 0.15) is 5.69 Å². The van der Waals surface area contributed by atoms with Crippen LogP contribution in [0, 0.1) is 6.92 Å². The van der Waals surface area contributed by atoms with Gasteiger partial charge in [0.15, 0.2) is 18.0 Å². The molecule has 0 saturated carbocycles. The van der Waals surface area contributed by atoms with Crippen molar-refractivity contribution in [2.24, 2.45) is 0 Å². The SMILES string of the molecule is Cc1cn2cccc(OCC(=O)Nc3ccc(Nc4ccccc4)cc3)c2n1. The summed E-state index contributed by atoms with van der Waals surface area (Å²) in [4.78, 5) is 16.6. The Morgan fingerprint density at radius 2 is 1.68 bits per heavy atom. The number of hydrogen-bond donors (Lipinski definition) is 2. The van der Waals surface area contributed by atoms with Gasteiger partial charge in [-0.05, 0) is 55.5 Å². The summed E-state index contributed by atoms with van der Waals surface area (Å²) in [6.07, 6.45) is 3.81. The number of carbonyl (C=O) groups is 1. The molecule has 0 saturated heterocycles. The van der Waals surface area contributed by atoms with Gasteiger partial charge in [-0.25, -0.2) is 4.98 Å². The van der Waals surface area contributed by atoms with Crippen LogP contribution in [0.4, 0.5) is 17.1 Å². The van der Waals surface area contributed by atoms with Gasteiger partial charge in [0.2, 0.25) is 0 Å². The molecule has 0 spiro atoms. The van der Waals surface area contributed by atoms with Gasteiger partial charge in [-0.15, -0.1) is 0 Å². The van der Waals surface area contributed by atoms with Gasteiger partial charge >= 0.3 is 0 Å². The lowest BCUT2D eigenvalue weighted by Crippen LogP contribution is -2.20. The summed E-state index contributed by atoms with van der Waals surface area (Å²) in [6.45, 7) is 1.83. The molecule has 140 valence electrons. The zero-order valence-corrected chi connectivity index (χ0v) is 15.4. The molecule has 0 aliphatic carbocycles. The standard InChI is InChI=1S/C22H20N4O2/c1-16-14-26-13-5-8-20(22(26)23-16)28-15-21(27)25-19-11-9-18(10-12-19)24-17-6-3-2-4-7-17/h2-14,24H,15H2,1H3,(H,25,27). The molecule has 0 atom stereocenters. The average Bonchev–Trinajstić information content (AvgIpc) is 3.09. The van der Waals surface area contributed by atoms with E-state index in [2.05, 4.69) is 15.6 Å². The number of amides is 1. The Morgan fingerprint density at radius 3 is 2.46 bits per heavy atom. The first-order chi connectivity index (χ1) is 13.7. The first kappa shape index (κ1) is 17.6. The minimum absolute atomic E-state index is 0.0877. The fourth-order valence-electron chi connectivity index (χ4n) is 2.89. The van der Waals surface area contributed by atoms with Gasteiger partial charge < -0.3 is 19.8 Å². The number of benzene rings is 2. The van der Waals surface area contributed by atoms with E-state index in [1.165, 1.54) is 0 Å². The van der Waals surface area contributed by atoms with Crippen LogP contribution in [0.2, 0.25) is 0 Å². The van der Waals surface area contributed by atoms with E-state index in [4.69, 9.17) is 4.74 Å². The summed E-state index contributed by atoms with van der Waals surface area (Å²) in [5, 5.41) is 6.14. The van der Waals surface area contributed by atoms with Crippen LogP contribution < -0.4 is 15.4 Å². The monoisotopic (exact) mass is 372 g/mol. The van der Waals surface area contributed by atoms with Crippen LogP contribution in [0.15, 0.2) is 79.1 Å². The van der Waals surface area contributed by atoms with Gasteiger partial charge in [-0.2, -0.15) is 0 Å². The van der Waals surface area contributed by atoms with E-state index in [-0.39, 0.29) is 12.5 Å². The largest absolute Gasteiger partial charge is 0.480 e.